The van der Waals surface area contributed by atoms with Gasteiger partial charge in [0.2, 0.25) is 0 Å². The van der Waals surface area contributed by atoms with E-state index in [1.165, 1.54) is 0 Å². The van der Waals surface area contributed by atoms with E-state index in [0.717, 1.165) is 28.0 Å². The molecule has 0 atom stereocenters. The first-order valence-corrected chi connectivity index (χ1v) is 6.02. The van der Waals surface area contributed by atoms with Crippen LogP contribution < -0.4 is 0 Å². The molecule has 1 heterocycles. The lowest BCUT2D eigenvalue weighted by Gasteiger charge is -2.06. The minimum atomic E-state index is 0.648. The summed E-state index contributed by atoms with van der Waals surface area (Å²) >= 11 is 0. The fraction of sp³-hybridized carbons (Fsp3) is 0.0625. The summed E-state index contributed by atoms with van der Waals surface area (Å²) in [5.41, 5.74) is 5.17. The number of aryl methyl sites for hydroxylation is 1. The summed E-state index contributed by atoms with van der Waals surface area (Å²) in [5.74, 6) is 0. The number of hydrogen-bond acceptors (Lipinski definition) is 3. The quantitative estimate of drug-likeness (QED) is 0.659. The number of hydrogen-bond donors (Lipinski definition) is 0. The summed E-state index contributed by atoms with van der Waals surface area (Å²) in [4.78, 5) is 9.22. The van der Waals surface area contributed by atoms with Crippen LogP contribution in [0, 0.1) is 18.3 Å². The lowest BCUT2D eigenvalue weighted by atomic mass is 10.1. The Bertz CT molecular complexity index is 783. The van der Waals surface area contributed by atoms with Crippen LogP contribution >= 0.6 is 0 Å². The average molecular weight is 245 g/mol. The summed E-state index contributed by atoms with van der Waals surface area (Å²) in [6.45, 7) is 1.95. The van der Waals surface area contributed by atoms with Crippen LogP contribution in [0.3, 0.4) is 0 Å². The summed E-state index contributed by atoms with van der Waals surface area (Å²) in [7, 11) is 0. The number of nitrogens with zero attached hydrogens (tertiary/aromatic N) is 3. The molecule has 2 aromatic carbocycles. The molecule has 0 aliphatic heterocycles. The van der Waals surface area contributed by atoms with Gasteiger partial charge in [-0.25, -0.2) is 9.97 Å². The molecule has 0 bridgehead atoms. The molecule has 3 heteroatoms. The highest BCUT2D eigenvalue weighted by Crippen LogP contribution is 2.23. The van der Waals surface area contributed by atoms with Crippen molar-refractivity contribution in [3.8, 4) is 17.3 Å². The van der Waals surface area contributed by atoms with E-state index in [-0.39, 0.29) is 0 Å². The van der Waals surface area contributed by atoms with E-state index in [1.807, 2.05) is 43.3 Å². The fourth-order valence-corrected chi connectivity index (χ4v) is 2.06. The van der Waals surface area contributed by atoms with Crippen LogP contribution in [0.5, 0.6) is 0 Å². The Kier molecular flexibility index (Phi) is 2.70. The van der Waals surface area contributed by atoms with E-state index < -0.39 is 0 Å². The standard InChI is InChI=1S/C16H11N3/c1-11-16(13-8-6-12(10-17)7-9-13)19-15-5-3-2-4-14(15)18-11/h2-9H,1H3. The molecule has 3 rings (SSSR count). The van der Waals surface area contributed by atoms with Gasteiger partial charge in [0.05, 0.1) is 34.1 Å². The second kappa shape index (κ2) is 4.51. The van der Waals surface area contributed by atoms with E-state index in [9.17, 15) is 0 Å². The summed E-state index contributed by atoms with van der Waals surface area (Å²) in [6.07, 6.45) is 0. The van der Waals surface area contributed by atoms with Crippen molar-refractivity contribution < 1.29 is 0 Å². The molecule has 3 aromatic rings. The van der Waals surface area contributed by atoms with Gasteiger partial charge in [-0.1, -0.05) is 24.3 Å². The Hall–Kier alpha value is -2.73. The number of rotatable bonds is 1. The smallest absolute Gasteiger partial charge is 0.0991 e. The maximum Gasteiger partial charge on any atom is 0.0991 e. The highest BCUT2D eigenvalue weighted by Gasteiger charge is 2.07. The van der Waals surface area contributed by atoms with Crippen molar-refractivity contribution in [3.63, 3.8) is 0 Å². The first-order valence-electron chi connectivity index (χ1n) is 6.02. The molecule has 0 fully saturated rings. The zero-order valence-corrected chi connectivity index (χ0v) is 10.5. The maximum absolute atomic E-state index is 8.82. The molecule has 90 valence electrons. The van der Waals surface area contributed by atoms with Gasteiger partial charge < -0.3 is 0 Å². The topological polar surface area (TPSA) is 49.6 Å². The number of aromatic nitrogens is 2. The van der Waals surface area contributed by atoms with Gasteiger partial charge in [0.25, 0.3) is 0 Å². The zero-order chi connectivity index (χ0) is 13.2. The lowest BCUT2D eigenvalue weighted by molar-refractivity contribution is 1.19. The summed E-state index contributed by atoms with van der Waals surface area (Å²) in [5, 5.41) is 8.82. The van der Waals surface area contributed by atoms with Gasteiger partial charge in [-0.05, 0) is 31.2 Å². The molecule has 0 spiro atoms. The van der Waals surface area contributed by atoms with E-state index in [2.05, 4.69) is 16.0 Å². The number of fused-ring (bicyclic) bond motifs is 1. The van der Waals surface area contributed by atoms with Crippen molar-refractivity contribution in [2.45, 2.75) is 6.92 Å². The van der Waals surface area contributed by atoms with Crippen LogP contribution in [-0.2, 0) is 0 Å². The van der Waals surface area contributed by atoms with Crippen molar-refractivity contribution in [3.05, 3.63) is 59.8 Å². The Morgan fingerprint density at radius 2 is 1.53 bits per heavy atom. The Labute approximate surface area is 111 Å². The second-order valence-corrected chi connectivity index (χ2v) is 4.34. The van der Waals surface area contributed by atoms with Crippen LogP contribution in [0.25, 0.3) is 22.3 Å². The number of benzene rings is 2. The summed E-state index contributed by atoms with van der Waals surface area (Å²) in [6, 6.07) is 17.3. The molecule has 0 saturated heterocycles. The van der Waals surface area contributed by atoms with Gasteiger partial charge in [0.1, 0.15) is 0 Å². The predicted octanol–water partition coefficient (Wildman–Crippen LogP) is 3.48. The Morgan fingerprint density at radius 3 is 2.16 bits per heavy atom. The second-order valence-electron chi connectivity index (χ2n) is 4.34. The average Bonchev–Trinajstić information content (AvgIpc) is 2.47. The molecule has 0 aliphatic rings. The van der Waals surface area contributed by atoms with Crippen molar-refractivity contribution in [1.29, 1.82) is 5.26 Å². The van der Waals surface area contributed by atoms with Crippen LogP contribution in [0.2, 0.25) is 0 Å². The zero-order valence-electron chi connectivity index (χ0n) is 10.5. The van der Waals surface area contributed by atoms with Crippen molar-refractivity contribution in [1.82, 2.24) is 9.97 Å². The van der Waals surface area contributed by atoms with E-state index in [1.54, 1.807) is 12.1 Å². The van der Waals surface area contributed by atoms with Gasteiger partial charge in [0.15, 0.2) is 0 Å². The largest absolute Gasteiger partial charge is 0.249 e. The molecule has 0 radical (unpaired) electrons. The minimum Gasteiger partial charge on any atom is -0.249 e. The fourth-order valence-electron chi connectivity index (χ4n) is 2.06. The van der Waals surface area contributed by atoms with Crippen LogP contribution in [0.4, 0.5) is 0 Å². The van der Waals surface area contributed by atoms with E-state index >= 15 is 0 Å². The van der Waals surface area contributed by atoms with Gasteiger partial charge in [-0.2, -0.15) is 5.26 Å². The third kappa shape index (κ3) is 2.04. The maximum atomic E-state index is 8.82. The van der Waals surface area contributed by atoms with E-state index in [4.69, 9.17) is 5.26 Å². The molecule has 19 heavy (non-hydrogen) atoms. The molecule has 0 saturated carbocycles. The van der Waals surface area contributed by atoms with Crippen molar-refractivity contribution >= 4 is 11.0 Å². The highest BCUT2D eigenvalue weighted by atomic mass is 14.8. The van der Waals surface area contributed by atoms with Crippen molar-refractivity contribution in [2.24, 2.45) is 0 Å². The lowest BCUT2D eigenvalue weighted by Crippen LogP contribution is -1.94. The molecule has 0 N–H and O–H groups in total. The molecule has 0 aliphatic carbocycles. The number of para-hydroxylation sites is 2. The minimum absolute atomic E-state index is 0.648. The van der Waals surface area contributed by atoms with Gasteiger partial charge in [-0.3, -0.25) is 0 Å². The van der Waals surface area contributed by atoms with Crippen LogP contribution in [-0.4, -0.2) is 9.97 Å². The van der Waals surface area contributed by atoms with Crippen molar-refractivity contribution in [2.75, 3.05) is 0 Å². The van der Waals surface area contributed by atoms with Gasteiger partial charge >= 0.3 is 0 Å². The van der Waals surface area contributed by atoms with Gasteiger partial charge in [0, 0.05) is 5.56 Å². The first-order chi connectivity index (χ1) is 9.28. The predicted molar refractivity (Wildman–Crippen MR) is 74.4 cm³/mol. The highest BCUT2D eigenvalue weighted by molar-refractivity contribution is 5.78. The van der Waals surface area contributed by atoms with Crippen LogP contribution in [0.15, 0.2) is 48.5 Å². The molecule has 0 unspecified atom stereocenters. The Balaban J connectivity index is 2.18. The third-order valence-electron chi connectivity index (χ3n) is 3.03. The molecular formula is C16H11N3. The molecular weight excluding hydrogens is 234 g/mol. The normalized spacial score (nSPS) is 10.3. The monoisotopic (exact) mass is 245 g/mol. The summed E-state index contributed by atoms with van der Waals surface area (Å²) < 4.78 is 0. The first kappa shape index (κ1) is 11.4. The Morgan fingerprint density at radius 1 is 0.895 bits per heavy atom. The molecule has 0 amide bonds. The number of nitriles is 1. The molecule has 3 nitrogen and oxygen atoms in total. The third-order valence-corrected chi connectivity index (χ3v) is 3.03. The molecule has 1 aromatic heterocycles. The van der Waals surface area contributed by atoms with E-state index in [0.29, 0.717) is 5.56 Å². The SMILES string of the molecule is Cc1nc2ccccc2nc1-c1ccc(C#N)cc1. The van der Waals surface area contributed by atoms with Gasteiger partial charge in [-0.15, -0.1) is 0 Å². The van der Waals surface area contributed by atoms with Crippen LogP contribution in [0.1, 0.15) is 11.3 Å².